The van der Waals surface area contributed by atoms with Gasteiger partial charge in [0.15, 0.2) is 0 Å². The van der Waals surface area contributed by atoms with Crippen LogP contribution >= 0.6 is 0 Å². The highest BCUT2D eigenvalue weighted by atomic mass is 16.2. The molecular weight excluding hydrogens is 162 g/mol. The summed E-state index contributed by atoms with van der Waals surface area (Å²) in [6, 6.07) is 0.316. The topological polar surface area (TPSA) is 29.1 Å². The molecule has 0 aromatic heterocycles. The maximum atomic E-state index is 11.7. The zero-order valence-corrected chi connectivity index (χ0v) is 8.50. The van der Waals surface area contributed by atoms with E-state index in [0.29, 0.717) is 12.0 Å². The summed E-state index contributed by atoms with van der Waals surface area (Å²) in [6.45, 7) is 6.45. The van der Waals surface area contributed by atoms with Crippen molar-refractivity contribution in [1.82, 2.24) is 5.32 Å². The minimum atomic E-state index is 0.0928. The smallest absolute Gasteiger partial charge is 0.224 e. The third kappa shape index (κ3) is 1.28. The summed E-state index contributed by atoms with van der Waals surface area (Å²) in [5.74, 6) is 0.937. The standard InChI is InChI=1S/C11H17NO/c1-11(2,3)9-7-5-4-6-8(7)12-10(9)13/h4,6-9H,5H2,1-3H3,(H,12,13). The van der Waals surface area contributed by atoms with Crippen molar-refractivity contribution >= 4 is 5.91 Å². The molecule has 1 fully saturated rings. The molecule has 3 unspecified atom stereocenters. The number of carbonyl (C=O) groups is 1. The van der Waals surface area contributed by atoms with Crippen LogP contribution in [0.4, 0.5) is 0 Å². The quantitative estimate of drug-likeness (QED) is 0.564. The second-order valence-corrected chi connectivity index (χ2v) is 5.21. The largest absolute Gasteiger partial charge is 0.349 e. The van der Waals surface area contributed by atoms with E-state index in [-0.39, 0.29) is 17.2 Å². The highest BCUT2D eigenvalue weighted by molar-refractivity contribution is 5.83. The lowest BCUT2D eigenvalue weighted by Gasteiger charge is -2.28. The summed E-state index contributed by atoms with van der Waals surface area (Å²) in [4.78, 5) is 11.7. The van der Waals surface area contributed by atoms with Crippen molar-refractivity contribution in [1.29, 1.82) is 0 Å². The van der Waals surface area contributed by atoms with Gasteiger partial charge in [-0.15, -0.1) is 0 Å². The van der Waals surface area contributed by atoms with Crippen molar-refractivity contribution in [3.8, 4) is 0 Å². The van der Waals surface area contributed by atoms with Crippen LogP contribution in [-0.2, 0) is 4.79 Å². The average Bonchev–Trinajstić information content (AvgIpc) is 2.41. The first-order chi connectivity index (χ1) is 6.00. The van der Waals surface area contributed by atoms with E-state index >= 15 is 0 Å². The SMILES string of the molecule is CC(C)(C)C1C(=O)NC2C=CCC21. The fourth-order valence-electron chi connectivity index (χ4n) is 2.65. The van der Waals surface area contributed by atoms with Crippen molar-refractivity contribution in [2.45, 2.75) is 33.2 Å². The minimum Gasteiger partial charge on any atom is -0.349 e. The Morgan fingerprint density at radius 1 is 1.46 bits per heavy atom. The van der Waals surface area contributed by atoms with E-state index in [1.807, 2.05) is 0 Å². The number of amides is 1. The monoisotopic (exact) mass is 179 g/mol. The summed E-state index contributed by atoms with van der Waals surface area (Å²) in [7, 11) is 0. The summed E-state index contributed by atoms with van der Waals surface area (Å²) in [5.41, 5.74) is 0.0928. The molecule has 1 heterocycles. The van der Waals surface area contributed by atoms with Crippen LogP contribution < -0.4 is 5.32 Å². The summed E-state index contributed by atoms with van der Waals surface area (Å²) < 4.78 is 0. The zero-order chi connectivity index (χ0) is 9.64. The first kappa shape index (κ1) is 8.79. The lowest BCUT2D eigenvalue weighted by Crippen LogP contribution is -2.31. The Bertz CT molecular complexity index is 262. The van der Waals surface area contributed by atoms with Gasteiger partial charge in [0.2, 0.25) is 5.91 Å². The van der Waals surface area contributed by atoms with Gasteiger partial charge in [-0.25, -0.2) is 0 Å². The number of fused-ring (bicyclic) bond motifs is 1. The van der Waals surface area contributed by atoms with E-state index in [1.165, 1.54) is 0 Å². The van der Waals surface area contributed by atoms with Gasteiger partial charge in [-0.1, -0.05) is 32.9 Å². The van der Waals surface area contributed by atoms with Gasteiger partial charge in [0.05, 0.1) is 6.04 Å². The molecule has 13 heavy (non-hydrogen) atoms. The lowest BCUT2D eigenvalue weighted by molar-refractivity contribution is -0.126. The number of nitrogens with one attached hydrogen (secondary N) is 1. The second-order valence-electron chi connectivity index (χ2n) is 5.21. The van der Waals surface area contributed by atoms with Gasteiger partial charge in [-0.05, 0) is 17.8 Å². The second kappa shape index (κ2) is 2.60. The average molecular weight is 179 g/mol. The fraction of sp³-hybridized carbons (Fsp3) is 0.727. The third-order valence-corrected chi connectivity index (χ3v) is 3.17. The number of carbonyl (C=O) groups excluding carboxylic acids is 1. The summed E-state index contributed by atoms with van der Waals surface area (Å²) >= 11 is 0. The van der Waals surface area contributed by atoms with Gasteiger partial charge in [0.1, 0.15) is 0 Å². The van der Waals surface area contributed by atoms with Crippen molar-refractivity contribution in [2.24, 2.45) is 17.3 Å². The van der Waals surface area contributed by atoms with Gasteiger partial charge in [-0.3, -0.25) is 4.79 Å². The van der Waals surface area contributed by atoms with Gasteiger partial charge in [0, 0.05) is 5.92 Å². The normalized spacial score (nSPS) is 37.8. The molecule has 1 aliphatic carbocycles. The molecule has 0 bridgehead atoms. The van der Waals surface area contributed by atoms with Crippen LogP contribution in [0, 0.1) is 17.3 Å². The Morgan fingerprint density at radius 2 is 2.15 bits per heavy atom. The van der Waals surface area contributed by atoms with Crippen molar-refractivity contribution in [3.05, 3.63) is 12.2 Å². The molecule has 2 heteroatoms. The van der Waals surface area contributed by atoms with Gasteiger partial charge >= 0.3 is 0 Å². The summed E-state index contributed by atoms with van der Waals surface area (Å²) in [6.07, 6.45) is 5.38. The Kier molecular flexibility index (Phi) is 1.76. The van der Waals surface area contributed by atoms with Crippen molar-refractivity contribution < 1.29 is 4.79 Å². The lowest BCUT2D eigenvalue weighted by atomic mass is 9.73. The van der Waals surface area contributed by atoms with Crippen LogP contribution in [0.2, 0.25) is 0 Å². The number of hydrogen-bond donors (Lipinski definition) is 1. The third-order valence-electron chi connectivity index (χ3n) is 3.17. The number of rotatable bonds is 0. The molecule has 0 radical (unpaired) electrons. The minimum absolute atomic E-state index is 0.0928. The Morgan fingerprint density at radius 3 is 2.77 bits per heavy atom. The molecule has 0 aromatic rings. The first-order valence-corrected chi connectivity index (χ1v) is 4.97. The zero-order valence-electron chi connectivity index (χ0n) is 8.50. The molecule has 2 aliphatic rings. The predicted octanol–water partition coefficient (Wildman–Crippen LogP) is 1.72. The molecule has 72 valence electrons. The highest BCUT2D eigenvalue weighted by Gasteiger charge is 2.47. The van der Waals surface area contributed by atoms with Crippen LogP contribution in [0.25, 0.3) is 0 Å². The van der Waals surface area contributed by atoms with E-state index in [9.17, 15) is 4.79 Å². The van der Waals surface area contributed by atoms with E-state index in [1.54, 1.807) is 0 Å². The number of hydrogen-bond acceptors (Lipinski definition) is 1. The molecule has 1 aliphatic heterocycles. The fourth-order valence-corrected chi connectivity index (χ4v) is 2.65. The van der Waals surface area contributed by atoms with Crippen molar-refractivity contribution in [3.63, 3.8) is 0 Å². The van der Waals surface area contributed by atoms with E-state index < -0.39 is 0 Å². The Hall–Kier alpha value is -0.790. The molecule has 0 spiro atoms. The molecule has 1 amide bonds. The molecule has 0 saturated carbocycles. The summed E-state index contributed by atoms with van der Waals surface area (Å²) in [5, 5.41) is 3.05. The molecule has 1 N–H and O–H groups in total. The molecule has 0 aromatic carbocycles. The van der Waals surface area contributed by atoms with E-state index in [2.05, 4.69) is 38.2 Å². The van der Waals surface area contributed by atoms with E-state index in [0.717, 1.165) is 6.42 Å². The Balaban J connectivity index is 2.25. The molecule has 2 nitrogen and oxygen atoms in total. The molecule has 3 atom stereocenters. The van der Waals surface area contributed by atoms with Gasteiger partial charge in [-0.2, -0.15) is 0 Å². The van der Waals surface area contributed by atoms with E-state index in [4.69, 9.17) is 0 Å². The predicted molar refractivity (Wildman–Crippen MR) is 52.1 cm³/mol. The molecule has 2 rings (SSSR count). The van der Waals surface area contributed by atoms with Crippen LogP contribution in [0.3, 0.4) is 0 Å². The number of allylic oxidation sites excluding steroid dienone is 1. The van der Waals surface area contributed by atoms with Gasteiger partial charge in [0.25, 0.3) is 0 Å². The van der Waals surface area contributed by atoms with Gasteiger partial charge < -0.3 is 5.32 Å². The maximum Gasteiger partial charge on any atom is 0.224 e. The maximum absolute atomic E-state index is 11.7. The van der Waals surface area contributed by atoms with Crippen molar-refractivity contribution in [2.75, 3.05) is 0 Å². The molecule has 1 saturated heterocycles. The van der Waals surface area contributed by atoms with Crippen LogP contribution in [0.5, 0.6) is 0 Å². The van der Waals surface area contributed by atoms with Crippen LogP contribution in [0.1, 0.15) is 27.2 Å². The first-order valence-electron chi connectivity index (χ1n) is 4.97. The molecular formula is C11H17NO. The Labute approximate surface area is 79.4 Å². The highest BCUT2D eigenvalue weighted by Crippen LogP contribution is 2.42. The van der Waals surface area contributed by atoms with Crippen LogP contribution in [0.15, 0.2) is 12.2 Å². The van der Waals surface area contributed by atoms with Crippen LogP contribution in [-0.4, -0.2) is 11.9 Å².